The third-order valence-corrected chi connectivity index (χ3v) is 3.71. The van der Waals surface area contributed by atoms with Crippen molar-refractivity contribution < 1.29 is 14.3 Å². The Labute approximate surface area is 139 Å². The lowest BCUT2D eigenvalue weighted by Gasteiger charge is -1.98. The molecule has 1 aromatic carbocycles. The molecule has 6 heteroatoms. The largest absolute Gasteiger partial charge is 0.497 e. The maximum atomic E-state index is 11.3. The number of aryl methyl sites for hydroxylation is 1. The Morgan fingerprint density at radius 1 is 1.43 bits per heavy atom. The monoisotopic (exact) mass is 330 g/mol. The smallest absolute Gasteiger partial charge is 0.190 e. The third-order valence-electron chi connectivity index (χ3n) is 2.69. The van der Waals surface area contributed by atoms with Crippen LogP contribution >= 0.6 is 11.3 Å². The average molecular weight is 330 g/mol. The molecular formula is C17H18N2O3S. The summed E-state index contributed by atoms with van der Waals surface area (Å²) in [4.78, 5) is 15.5. The number of benzene rings is 1. The number of ether oxygens (including phenoxy) is 2. The van der Waals surface area contributed by atoms with Crippen LogP contribution in [0.5, 0.6) is 5.75 Å². The molecule has 0 fully saturated rings. The van der Waals surface area contributed by atoms with Crippen LogP contribution in [0.3, 0.4) is 0 Å². The Bertz CT molecular complexity index is 717. The van der Waals surface area contributed by atoms with Crippen LogP contribution in [0.15, 0.2) is 36.2 Å². The van der Waals surface area contributed by atoms with Crippen molar-refractivity contribution in [3.8, 4) is 11.8 Å². The quantitative estimate of drug-likeness (QED) is 0.787. The topological polar surface area (TPSA) is 72.2 Å². The van der Waals surface area contributed by atoms with Gasteiger partial charge in [-0.05, 0) is 25.1 Å². The number of Topliss-reactive ketones (excluding diaryl/α,β-unsaturated/α-hetero) is 1. The number of carbonyl (C=O) groups excluding carboxylic acids is 1. The summed E-state index contributed by atoms with van der Waals surface area (Å²) >= 11 is 1.42. The summed E-state index contributed by atoms with van der Waals surface area (Å²) in [5, 5.41) is 11.0. The maximum Gasteiger partial charge on any atom is 0.190 e. The van der Waals surface area contributed by atoms with E-state index in [-0.39, 0.29) is 12.4 Å². The molecule has 2 rings (SSSR count). The third kappa shape index (κ3) is 6.02. The summed E-state index contributed by atoms with van der Waals surface area (Å²) in [7, 11) is 3.06. The molecule has 0 unspecified atom stereocenters. The second-order valence-corrected chi connectivity index (χ2v) is 5.33. The number of thiazole rings is 1. The lowest BCUT2D eigenvalue weighted by molar-refractivity contribution is -0.117. The minimum absolute atomic E-state index is 0.0669. The van der Waals surface area contributed by atoms with Crippen molar-refractivity contribution in [2.45, 2.75) is 6.92 Å². The lowest BCUT2D eigenvalue weighted by atomic mass is 10.2. The van der Waals surface area contributed by atoms with Crippen molar-refractivity contribution in [3.05, 3.63) is 52.5 Å². The van der Waals surface area contributed by atoms with Crippen LogP contribution in [0.1, 0.15) is 16.3 Å². The number of hydrogen-bond donors (Lipinski definition) is 0. The summed E-state index contributed by atoms with van der Waals surface area (Å²) in [6.07, 6.45) is 0. The maximum absolute atomic E-state index is 11.3. The fourth-order valence-corrected chi connectivity index (χ4v) is 2.31. The fourth-order valence-electron chi connectivity index (χ4n) is 1.52. The molecule has 0 N–H and O–H groups in total. The number of hydrogen-bond acceptors (Lipinski definition) is 6. The van der Waals surface area contributed by atoms with Crippen molar-refractivity contribution >= 4 is 22.7 Å². The van der Waals surface area contributed by atoms with Gasteiger partial charge in [-0.2, -0.15) is 5.26 Å². The second kappa shape index (κ2) is 9.51. The van der Waals surface area contributed by atoms with E-state index in [0.29, 0.717) is 16.1 Å². The van der Waals surface area contributed by atoms with E-state index in [4.69, 9.17) is 14.7 Å². The summed E-state index contributed by atoms with van der Waals surface area (Å²) in [6, 6.07) is 9.05. The van der Waals surface area contributed by atoms with Crippen molar-refractivity contribution in [2.24, 2.45) is 0 Å². The molecule has 0 amide bonds. The predicted octanol–water partition coefficient (Wildman–Crippen LogP) is 3.25. The van der Waals surface area contributed by atoms with Gasteiger partial charge in [0.15, 0.2) is 5.78 Å². The standard InChI is InChI=1S/C9H11NO2S.C8H7NO/c1-6-5-13-9(10-6)7(2)8(11)4-12-3;1-10-8-4-2-3-7(5-8)6-9/h5H,2,4H2,1,3H3;2-5H,1H3. The highest BCUT2D eigenvalue weighted by molar-refractivity contribution is 7.11. The zero-order valence-corrected chi connectivity index (χ0v) is 14.1. The van der Waals surface area contributed by atoms with Crippen LogP contribution in [-0.4, -0.2) is 31.6 Å². The van der Waals surface area contributed by atoms with Crippen LogP contribution in [0.2, 0.25) is 0 Å². The van der Waals surface area contributed by atoms with E-state index in [1.165, 1.54) is 18.4 Å². The molecule has 0 radical (unpaired) electrons. The first-order valence-corrected chi connectivity index (χ1v) is 7.57. The summed E-state index contributed by atoms with van der Waals surface area (Å²) in [5.41, 5.74) is 1.96. The minimum atomic E-state index is -0.114. The Hall–Kier alpha value is -2.49. The molecule has 5 nitrogen and oxygen atoms in total. The van der Waals surface area contributed by atoms with E-state index < -0.39 is 0 Å². The molecule has 0 aliphatic rings. The van der Waals surface area contributed by atoms with Crippen LogP contribution in [-0.2, 0) is 9.53 Å². The molecule has 23 heavy (non-hydrogen) atoms. The highest BCUT2D eigenvalue weighted by Gasteiger charge is 2.11. The molecular weight excluding hydrogens is 312 g/mol. The van der Waals surface area contributed by atoms with Gasteiger partial charge in [-0.15, -0.1) is 11.3 Å². The first kappa shape index (κ1) is 18.6. The van der Waals surface area contributed by atoms with Crippen LogP contribution in [0, 0.1) is 18.3 Å². The molecule has 1 aromatic heterocycles. The number of nitrogens with zero attached hydrogens (tertiary/aromatic N) is 2. The first-order valence-electron chi connectivity index (χ1n) is 6.69. The van der Waals surface area contributed by atoms with E-state index in [9.17, 15) is 4.79 Å². The van der Waals surface area contributed by atoms with Crippen molar-refractivity contribution in [1.29, 1.82) is 5.26 Å². The highest BCUT2D eigenvalue weighted by atomic mass is 32.1. The Morgan fingerprint density at radius 3 is 2.70 bits per heavy atom. The molecule has 0 saturated carbocycles. The summed E-state index contributed by atoms with van der Waals surface area (Å²) in [6.45, 7) is 5.63. The molecule has 0 aliphatic heterocycles. The van der Waals surface area contributed by atoms with Gasteiger partial charge >= 0.3 is 0 Å². The normalized spacial score (nSPS) is 9.30. The number of aromatic nitrogens is 1. The van der Waals surface area contributed by atoms with Crippen molar-refractivity contribution in [1.82, 2.24) is 4.98 Å². The summed E-state index contributed by atoms with van der Waals surface area (Å²) in [5.74, 6) is 0.607. The zero-order valence-electron chi connectivity index (χ0n) is 13.3. The van der Waals surface area contributed by atoms with Gasteiger partial charge in [-0.3, -0.25) is 4.79 Å². The Balaban J connectivity index is 0.000000238. The lowest BCUT2D eigenvalue weighted by Crippen LogP contribution is -2.07. The van der Waals surface area contributed by atoms with Crippen LogP contribution in [0.4, 0.5) is 0 Å². The SMILES string of the molecule is C=C(C(=O)COC)c1nc(C)cs1.COc1cccc(C#N)c1. The number of ketones is 1. The molecule has 120 valence electrons. The van der Waals surface area contributed by atoms with Gasteiger partial charge < -0.3 is 9.47 Å². The van der Waals surface area contributed by atoms with E-state index >= 15 is 0 Å². The van der Waals surface area contributed by atoms with E-state index in [0.717, 1.165) is 11.4 Å². The average Bonchev–Trinajstić information content (AvgIpc) is 3.01. The molecule has 0 aliphatic carbocycles. The van der Waals surface area contributed by atoms with Gasteiger partial charge in [0.25, 0.3) is 0 Å². The molecule has 2 aromatic rings. The van der Waals surface area contributed by atoms with Crippen LogP contribution < -0.4 is 4.74 Å². The van der Waals surface area contributed by atoms with Gasteiger partial charge in [0.05, 0.1) is 18.7 Å². The van der Waals surface area contributed by atoms with Gasteiger partial charge in [0.1, 0.15) is 17.4 Å². The Morgan fingerprint density at radius 2 is 2.17 bits per heavy atom. The van der Waals surface area contributed by atoms with Gasteiger partial charge in [0, 0.05) is 23.8 Å². The van der Waals surface area contributed by atoms with E-state index in [1.54, 1.807) is 31.4 Å². The number of nitriles is 1. The van der Waals surface area contributed by atoms with E-state index in [1.807, 2.05) is 18.4 Å². The summed E-state index contributed by atoms with van der Waals surface area (Å²) < 4.78 is 9.63. The molecule has 0 atom stereocenters. The van der Waals surface area contributed by atoms with Crippen molar-refractivity contribution in [2.75, 3.05) is 20.8 Å². The highest BCUT2D eigenvalue weighted by Crippen LogP contribution is 2.18. The molecule has 0 bridgehead atoms. The second-order valence-electron chi connectivity index (χ2n) is 4.47. The van der Waals surface area contributed by atoms with Gasteiger partial charge in [0.2, 0.25) is 0 Å². The van der Waals surface area contributed by atoms with Gasteiger partial charge in [-0.1, -0.05) is 12.6 Å². The predicted molar refractivity (Wildman–Crippen MR) is 90.5 cm³/mol. The van der Waals surface area contributed by atoms with E-state index in [2.05, 4.69) is 11.6 Å². The first-order chi connectivity index (χ1) is 11.0. The van der Waals surface area contributed by atoms with Crippen LogP contribution in [0.25, 0.3) is 5.57 Å². The molecule has 0 saturated heterocycles. The number of carbonyl (C=O) groups is 1. The zero-order chi connectivity index (χ0) is 17.2. The number of methoxy groups -OCH3 is 2. The molecule has 0 spiro atoms. The van der Waals surface area contributed by atoms with Gasteiger partial charge in [-0.25, -0.2) is 4.98 Å². The van der Waals surface area contributed by atoms with Crippen molar-refractivity contribution in [3.63, 3.8) is 0 Å². The number of rotatable bonds is 5. The Kier molecular flexibility index (Phi) is 7.67. The molecule has 1 heterocycles. The fraction of sp³-hybridized carbons (Fsp3) is 0.235. The minimum Gasteiger partial charge on any atom is -0.497 e.